The second-order valence-corrected chi connectivity index (χ2v) is 4.50. The molecule has 3 heteroatoms. The highest BCUT2D eigenvalue weighted by atomic mass is 16.2. The maximum Gasteiger partial charge on any atom is 0.0431 e. The lowest BCUT2D eigenvalue weighted by molar-refractivity contribution is 0.239. The molecule has 4 N–H and O–H groups in total. The van der Waals surface area contributed by atoms with Crippen LogP contribution >= 0.6 is 0 Å². The van der Waals surface area contributed by atoms with E-state index in [1.165, 1.54) is 0 Å². The molecule has 0 saturated carbocycles. The Morgan fingerprint density at radius 3 is 2.47 bits per heavy atom. The number of hydrogen-bond acceptors (Lipinski definition) is 3. The molecule has 92 valence electrons. The van der Waals surface area contributed by atoms with Gasteiger partial charge in [0.1, 0.15) is 0 Å². The van der Waals surface area contributed by atoms with Crippen LogP contribution in [0, 0.1) is 0 Å². The third kappa shape index (κ3) is 5.50. The van der Waals surface area contributed by atoms with Gasteiger partial charge in [-0.2, -0.15) is 0 Å². The van der Waals surface area contributed by atoms with Crippen molar-refractivity contribution in [3.05, 3.63) is 0 Å². The molecule has 0 aliphatic rings. The fraction of sp³-hybridized carbons (Fsp3) is 1.00. The Labute approximate surface area is 94.4 Å². The summed E-state index contributed by atoms with van der Waals surface area (Å²) in [6.45, 7) is 7.53. The van der Waals surface area contributed by atoms with Gasteiger partial charge < -0.3 is 16.2 Å². The van der Waals surface area contributed by atoms with E-state index < -0.39 is 0 Å². The monoisotopic (exact) mass is 216 g/mol. The molecule has 0 rings (SSSR count). The maximum absolute atomic E-state index is 8.78. The van der Waals surface area contributed by atoms with Crippen molar-refractivity contribution in [3.8, 4) is 0 Å². The van der Waals surface area contributed by atoms with Crippen molar-refractivity contribution in [2.75, 3.05) is 13.2 Å². The first-order valence-corrected chi connectivity index (χ1v) is 6.22. The third-order valence-corrected chi connectivity index (χ3v) is 3.14. The van der Waals surface area contributed by atoms with E-state index in [4.69, 9.17) is 10.8 Å². The lowest BCUT2D eigenvalue weighted by Crippen LogP contribution is -2.54. The molecule has 0 heterocycles. The van der Waals surface area contributed by atoms with Gasteiger partial charge >= 0.3 is 0 Å². The van der Waals surface area contributed by atoms with Gasteiger partial charge in [0.25, 0.3) is 0 Å². The SMILES string of the molecule is CCCC(CC)(CN)NC(C)CCCO. The van der Waals surface area contributed by atoms with Gasteiger partial charge in [-0.15, -0.1) is 0 Å². The smallest absolute Gasteiger partial charge is 0.0431 e. The predicted octanol–water partition coefficient (Wildman–Crippen LogP) is 1.64. The van der Waals surface area contributed by atoms with Crippen LogP contribution in [0.3, 0.4) is 0 Å². The van der Waals surface area contributed by atoms with E-state index in [9.17, 15) is 0 Å². The Balaban J connectivity index is 4.13. The Morgan fingerprint density at radius 2 is 2.07 bits per heavy atom. The minimum Gasteiger partial charge on any atom is -0.396 e. The van der Waals surface area contributed by atoms with E-state index >= 15 is 0 Å². The minimum absolute atomic E-state index is 0.101. The summed E-state index contributed by atoms with van der Waals surface area (Å²) in [6, 6.07) is 0.437. The van der Waals surface area contributed by atoms with Crippen LogP contribution in [-0.2, 0) is 0 Å². The average Bonchev–Trinajstić information content (AvgIpc) is 2.25. The van der Waals surface area contributed by atoms with E-state index in [1.807, 2.05) is 0 Å². The van der Waals surface area contributed by atoms with Crippen LogP contribution in [0.25, 0.3) is 0 Å². The fourth-order valence-corrected chi connectivity index (χ4v) is 2.13. The first-order valence-electron chi connectivity index (χ1n) is 6.22. The summed E-state index contributed by atoms with van der Waals surface area (Å²) in [7, 11) is 0. The second-order valence-electron chi connectivity index (χ2n) is 4.50. The molecule has 2 unspecified atom stereocenters. The molecule has 0 aromatic heterocycles. The molecule has 0 fully saturated rings. The average molecular weight is 216 g/mol. The maximum atomic E-state index is 8.78. The zero-order valence-electron chi connectivity index (χ0n) is 10.6. The summed E-state index contributed by atoms with van der Waals surface area (Å²) in [6.07, 6.45) is 5.24. The number of aliphatic hydroxyl groups is 1. The minimum atomic E-state index is 0.101. The molecule has 3 nitrogen and oxygen atoms in total. The highest BCUT2D eigenvalue weighted by molar-refractivity contribution is 4.89. The van der Waals surface area contributed by atoms with E-state index in [0.29, 0.717) is 12.6 Å². The Bertz CT molecular complexity index is 147. The van der Waals surface area contributed by atoms with Gasteiger partial charge in [0.2, 0.25) is 0 Å². The van der Waals surface area contributed by atoms with Crippen molar-refractivity contribution in [3.63, 3.8) is 0 Å². The van der Waals surface area contributed by atoms with E-state index in [-0.39, 0.29) is 12.1 Å². The van der Waals surface area contributed by atoms with Crippen molar-refractivity contribution in [2.24, 2.45) is 5.73 Å². The Kier molecular flexibility index (Phi) is 8.02. The highest BCUT2D eigenvalue weighted by Gasteiger charge is 2.26. The molecule has 0 saturated heterocycles. The molecule has 0 amide bonds. The van der Waals surface area contributed by atoms with Gasteiger partial charge in [-0.3, -0.25) is 0 Å². The fourth-order valence-electron chi connectivity index (χ4n) is 2.13. The second kappa shape index (κ2) is 8.08. The van der Waals surface area contributed by atoms with Gasteiger partial charge in [0.05, 0.1) is 0 Å². The molecule has 0 aliphatic heterocycles. The van der Waals surface area contributed by atoms with Crippen molar-refractivity contribution >= 4 is 0 Å². The molecule has 0 aliphatic carbocycles. The number of hydrogen-bond donors (Lipinski definition) is 3. The molecule has 15 heavy (non-hydrogen) atoms. The van der Waals surface area contributed by atoms with Gasteiger partial charge in [0.15, 0.2) is 0 Å². The van der Waals surface area contributed by atoms with Crippen LogP contribution in [0.5, 0.6) is 0 Å². The quantitative estimate of drug-likeness (QED) is 0.549. The molecule has 2 atom stereocenters. The number of nitrogens with one attached hydrogen (secondary N) is 1. The van der Waals surface area contributed by atoms with Crippen molar-refractivity contribution in [2.45, 2.75) is 64.5 Å². The molecule has 0 aromatic carbocycles. The first kappa shape index (κ1) is 14.9. The molecular weight excluding hydrogens is 188 g/mol. The summed E-state index contributed by atoms with van der Waals surface area (Å²) >= 11 is 0. The molecule has 0 spiro atoms. The lowest BCUT2D eigenvalue weighted by atomic mass is 9.89. The Hall–Kier alpha value is -0.120. The molecular formula is C12H28N2O. The zero-order valence-corrected chi connectivity index (χ0v) is 10.6. The van der Waals surface area contributed by atoms with Crippen LogP contribution in [0.2, 0.25) is 0 Å². The highest BCUT2D eigenvalue weighted by Crippen LogP contribution is 2.17. The largest absolute Gasteiger partial charge is 0.396 e. The van der Waals surface area contributed by atoms with Crippen molar-refractivity contribution < 1.29 is 5.11 Å². The van der Waals surface area contributed by atoms with Gasteiger partial charge in [-0.1, -0.05) is 20.3 Å². The number of nitrogens with two attached hydrogens (primary N) is 1. The zero-order chi connectivity index (χ0) is 11.7. The van der Waals surface area contributed by atoms with Crippen LogP contribution in [0.1, 0.15) is 52.9 Å². The normalized spacial score (nSPS) is 17.4. The number of aliphatic hydroxyl groups excluding tert-OH is 1. The summed E-state index contributed by atoms with van der Waals surface area (Å²) < 4.78 is 0. The van der Waals surface area contributed by atoms with Gasteiger partial charge in [-0.25, -0.2) is 0 Å². The third-order valence-electron chi connectivity index (χ3n) is 3.14. The summed E-state index contributed by atoms with van der Waals surface area (Å²) in [5, 5.41) is 12.4. The summed E-state index contributed by atoms with van der Waals surface area (Å²) in [5.74, 6) is 0. The van der Waals surface area contributed by atoms with E-state index in [0.717, 1.165) is 32.1 Å². The topological polar surface area (TPSA) is 58.3 Å². The van der Waals surface area contributed by atoms with Gasteiger partial charge in [0, 0.05) is 24.7 Å². The first-order chi connectivity index (χ1) is 7.14. The van der Waals surface area contributed by atoms with Crippen molar-refractivity contribution in [1.29, 1.82) is 0 Å². The molecule has 0 radical (unpaired) electrons. The van der Waals surface area contributed by atoms with E-state index in [2.05, 4.69) is 26.1 Å². The predicted molar refractivity (Wildman–Crippen MR) is 65.9 cm³/mol. The Morgan fingerprint density at radius 1 is 1.40 bits per heavy atom. The van der Waals surface area contributed by atoms with Crippen molar-refractivity contribution in [1.82, 2.24) is 5.32 Å². The lowest BCUT2D eigenvalue weighted by Gasteiger charge is -2.35. The van der Waals surface area contributed by atoms with Crippen LogP contribution in [0.4, 0.5) is 0 Å². The van der Waals surface area contributed by atoms with Crippen LogP contribution in [0.15, 0.2) is 0 Å². The van der Waals surface area contributed by atoms with E-state index in [1.54, 1.807) is 0 Å². The standard InChI is InChI=1S/C12H28N2O/c1-4-8-12(5-2,10-13)14-11(3)7-6-9-15/h11,14-15H,4-10,13H2,1-3H3. The van der Waals surface area contributed by atoms with Crippen LogP contribution < -0.4 is 11.1 Å². The molecule has 0 bridgehead atoms. The summed E-state index contributed by atoms with van der Waals surface area (Å²) in [5.41, 5.74) is 5.97. The van der Waals surface area contributed by atoms with Crippen LogP contribution in [-0.4, -0.2) is 29.8 Å². The molecule has 0 aromatic rings. The number of rotatable bonds is 9. The summed E-state index contributed by atoms with van der Waals surface area (Å²) in [4.78, 5) is 0. The van der Waals surface area contributed by atoms with Gasteiger partial charge in [-0.05, 0) is 32.6 Å².